The molecule has 1 aliphatic rings. The second kappa shape index (κ2) is 5.32. The number of hydrogen-bond acceptors (Lipinski definition) is 3. The Balaban J connectivity index is 1.74. The Labute approximate surface area is 145 Å². The molecular weight excluding hydrogens is 340 g/mol. The quantitative estimate of drug-likeness (QED) is 0.488. The predicted molar refractivity (Wildman–Crippen MR) is 94.6 cm³/mol. The van der Waals surface area contributed by atoms with E-state index in [-0.39, 0.29) is 6.54 Å². The van der Waals surface area contributed by atoms with Crippen molar-refractivity contribution >= 4 is 27.3 Å². The maximum atomic E-state index is 14.3. The third-order valence-corrected chi connectivity index (χ3v) is 5.20. The van der Waals surface area contributed by atoms with E-state index in [9.17, 15) is 8.78 Å². The van der Waals surface area contributed by atoms with Crippen LogP contribution in [0.5, 0.6) is 0 Å². The zero-order valence-electron chi connectivity index (χ0n) is 12.9. The number of aromatic nitrogens is 2. The molecule has 0 radical (unpaired) electrons. The van der Waals surface area contributed by atoms with Crippen LogP contribution in [0.3, 0.4) is 0 Å². The molecule has 0 fully saturated rings. The first kappa shape index (κ1) is 14.5. The molecule has 0 amide bonds. The molecule has 5 rings (SSSR count). The van der Waals surface area contributed by atoms with Crippen LogP contribution in [0, 0.1) is 11.6 Å². The second-order valence-corrected chi connectivity index (χ2v) is 6.73. The number of benzene rings is 2. The summed E-state index contributed by atoms with van der Waals surface area (Å²) in [5, 5.41) is 0. The molecule has 0 aliphatic carbocycles. The number of nitrogens with zero attached hydrogens (tertiary/aromatic N) is 3. The fourth-order valence-corrected chi connectivity index (χ4v) is 3.89. The average Bonchev–Trinajstić information content (AvgIpc) is 3.22. The van der Waals surface area contributed by atoms with Gasteiger partial charge >= 0.3 is 0 Å². The SMILES string of the molecule is Fc1cc(F)c2c(c1)-n1cccc1C(c1ccc3scnc3c1)=NC2. The summed E-state index contributed by atoms with van der Waals surface area (Å²) in [6, 6.07) is 12.0. The summed E-state index contributed by atoms with van der Waals surface area (Å²) < 4.78 is 30.9. The number of fused-ring (bicyclic) bond motifs is 4. The molecule has 4 aromatic rings. The summed E-state index contributed by atoms with van der Waals surface area (Å²) in [5.74, 6) is -1.17. The number of hydrogen-bond donors (Lipinski definition) is 0. The standard InChI is InChI=1S/C19H11F2N3S/c20-12-7-14(21)13-9-22-19(16-2-1-5-24(16)17(13)8-12)11-3-4-18-15(6-11)23-10-25-18/h1-8,10H,9H2. The summed E-state index contributed by atoms with van der Waals surface area (Å²) in [5.41, 5.74) is 6.05. The van der Waals surface area contributed by atoms with Gasteiger partial charge in [-0.3, -0.25) is 4.99 Å². The molecule has 0 atom stereocenters. The summed E-state index contributed by atoms with van der Waals surface area (Å²) >= 11 is 1.58. The summed E-state index contributed by atoms with van der Waals surface area (Å²) in [4.78, 5) is 8.99. The maximum absolute atomic E-state index is 14.3. The fraction of sp³-hybridized carbons (Fsp3) is 0.0526. The van der Waals surface area contributed by atoms with E-state index >= 15 is 0 Å². The molecule has 2 aromatic heterocycles. The minimum absolute atomic E-state index is 0.160. The number of halogens is 2. The van der Waals surface area contributed by atoms with Gasteiger partial charge in [-0.25, -0.2) is 13.8 Å². The molecule has 0 bridgehead atoms. The van der Waals surface area contributed by atoms with Crippen molar-refractivity contribution in [1.29, 1.82) is 0 Å². The van der Waals surface area contributed by atoms with Gasteiger partial charge in [0.1, 0.15) is 11.6 Å². The van der Waals surface area contributed by atoms with Crippen LogP contribution in [-0.4, -0.2) is 15.3 Å². The lowest BCUT2D eigenvalue weighted by Crippen LogP contribution is -2.08. The molecule has 1 aliphatic heterocycles. The fourth-order valence-electron chi connectivity index (χ4n) is 3.23. The Hall–Kier alpha value is -2.86. The molecule has 3 heterocycles. The van der Waals surface area contributed by atoms with Gasteiger partial charge in [-0.05, 0) is 30.3 Å². The highest BCUT2D eigenvalue weighted by atomic mass is 32.1. The number of rotatable bonds is 1. The topological polar surface area (TPSA) is 30.2 Å². The van der Waals surface area contributed by atoms with Crippen LogP contribution >= 0.6 is 11.3 Å². The average molecular weight is 351 g/mol. The van der Waals surface area contributed by atoms with Crippen LogP contribution in [0.2, 0.25) is 0 Å². The third kappa shape index (κ3) is 2.21. The van der Waals surface area contributed by atoms with E-state index in [0.29, 0.717) is 11.3 Å². The first-order valence-electron chi connectivity index (χ1n) is 7.75. The van der Waals surface area contributed by atoms with Crippen molar-refractivity contribution in [3.05, 3.63) is 82.6 Å². The van der Waals surface area contributed by atoms with E-state index in [0.717, 1.165) is 33.3 Å². The molecule has 25 heavy (non-hydrogen) atoms. The first-order valence-corrected chi connectivity index (χ1v) is 8.63. The van der Waals surface area contributed by atoms with E-state index in [4.69, 9.17) is 0 Å². The smallest absolute Gasteiger partial charge is 0.133 e. The lowest BCUT2D eigenvalue weighted by molar-refractivity contribution is 0.571. The molecule has 0 unspecified atom stereocenters. The summed E-state index contributed by atoms with van der Waals surface area (Å²) in [6.45, 7) is 0.160. The van der Waals surface area contributed by atoms with Crippen LogP contribution in [0.4, 0.5) is 8.78 Å². The van der Waals surface area contributed by atoms with E-state index in [1.807, 2.05) is 30.3 Å². The zero-order valence-corrected chi connectivity index (χ0v) is 13.7. The van der Waals surface area contributed by atoms with Crippen molar-refractivity contribution in [2.45, 2.75) is 6.54 Å². The second-order valence-electron chi connectivity index (χ2n) is 5.85. The maximum Gasteiger partial charge on any atom is 0.133 e. The van der Waals surface area contributed by atoms with Crippen LogP contribution in [0.15, 0.2) is 59.2 Å². The molecule has 0 N–H and O–H groups in total. The number of thiazole rings is 1. The molecule has 0 saturated carbocycles. The van der Waals surface area contributed by atoms with Crippen LogP contribution in [-0.2, 0) is 6.54 Å². The van der Waals surface area contributed by atoms with E-state index in [2.05, 4.69) is 9.98 Å². The summed E-state index contributed by atoms with van der Waals surface area (Å²) in [7, 11) is 0. The van der Waals surface area contributed by atoms with Crippen molar-refractivity contribution < 1.29 is 8.78 Å². The van der Waals surface area contributed by atoms with Crippen LogP contribution < -0.4 is 0 Å². The Bertz CT molecular complexity index is 1160. The summed E-state index contributed by atoms with van der Waals surface area (Å²) in [6.07, 6.45) is 1.80. The molecule has 3 nitrogen and oxygen atoms in total. The van der Waals surface area contributed by atoms with E-state index in [1.165, 1.54) is 6.07 Å². The monoisotopic (exact) mass is 351 g/mol. The van der Waals surface area contributed by atoms with E-state index in [1.54, 1.807) is 27.6 Å². The first-order chi connectivity index (χ1) is 12.2. The predicted octanol–water partition coefficient (Wildman–Crippen LogP) is 4.72. The normalized spacial score (nSPS) is 13.3. The highest BCUT2D eigenvalue weighted by molar-refractivity contribution is 7.16. The van der Waals surface area contributed by atoms with Gasteiger partial charge in [-0.1, -0.05) is 6.07 Å². The van der Waals surface area contributed by atoms with Gasteiger partial charge in [-0.2, -0.15) is 0 Å². The van der Waals surface area contributed by atoms with Crippen molar-refractivity contribution in [3.8, 4) is 5.69 Å². The van der Waals surface area contributed by atoms with Crippen molar-refractivity contribution in [3.63, 3.8) is 0 Å². The molecule has 0 spiro atoms. The minimum Gasteiger partial charge on any atom is -0.315 e. The Morgan fingerprint density at radius 2 is 2.00 bits per heavy atom. The van der Waals surface area contributed by atoms with Gasteiger partial charge in [0.05, 0.1) is 39.4 Å². The van der Waals surface area contributed by atoms with Gasteiger partial charge < -0.3 is 4.57 Å². The van der Waals surface area contributed by atoms with Crippen molar-refractivity contribution in [2.75, 3.05) is 0 Å². The van der Waals surface area contributed by atoms with Crippen LogP contribution in [0.25, 0.3) is 15.9 Å². The van der Waals surface area contributed by atoms with Crippen LogP contribution in [0.1, 0.15) is 16.8 Å². The molecule has 0 saturated heterocycles. The Morgan fingerprint density at radius 1 is 1.08 bits per heavy atom. The highest BCUT2D eigenvalue weighted by Gasteiger charge is 2.21. The lowest BCUT2D eigenvalue weighted by Gasteiger charge is -2.11. The molecule has 6 heteroatoms. The van der Waals surface area contributed by atoms with Crippen molar-refractivity contribution in [2.24, 2.45) is 4.99 Å². The third-order valence-electron chi connectivity index (χ3n) is 4.39. The molecular formula is C19H11F2N3S. The minimum atomic E-state index is -0.594. The molecule has 122 valence electrons. The van der Waals surface area contributed by atoms with E-state index < -0.39 is 11.6 Å². The van der Waals surface area contributed by atoms with Gasteiger partial charge in [0.25, 0.3) is 0 Å². The number of aliphatic imine (C=N–C) groups is 1. The van der Waals surface area contributed by atoms with Gasteiger partial charge in [-0.15, -0.1) is 11.3 Å². The molecule has 2 aromatic carbocycles. The van der Waals surface area contributed by atoms with Gasteiger partial charge in [0.15, 0.2) is 0 Å². The van der Waals surface area contributed by atoms with Gasteiger partial charge in [0.2, 0.25) is 0 Å². The Kier molecular flexibility index (Phi) is 3.08. The lowest BCUT2D eigenvalue weighted by atomic mass is 10.1. The highest BCUT2D eigenvalue weighted by Crippen LogP contribution is 2.29. The van der Waals surface area contributed by atoms with Gasteiger partial charge in [0, 0.05) is 23.4 Å². The zero-order chi connectivity index (χ0) is 17.0. The van der Waals surface area contributed by atoms with Crippen molar-refractivity contribution in [1.82, 2.24) is 9.55 Å². The Morgan fingerprint density at radius 3 is 2.92 bits per heavy atom. The largest absolute Gasteiger partial charge is 0.315 e.